The molecular weight excluding hydrogens is 1100 g/mol. The fourth-order valence-electron chi connectivity index (χ4n) is 7.57. The van der Waals surface area contributed by atoms with Gasteiger partial charge in [-0.3, -0.25) is 33.6 Å². The van der Waals surface area contributed by atoms with Crippen LogP contribution < -0.4 is 32.3 Å². The lowest BCUT2D eigenvalue weighted by Gasteiger charge is -2.29. The zero-order valence-corrected chi connectivity index (χ0v) is 52.3. The summed E-state index contributed by atoms with van der Waals surface area (Å²) in [4.78, 5) is 171. The smallest absolute Gasteiger partial charge is 0.345 e. The van der Waals surface area contributed by atoms with Gasteiger partial charge in [-0.1, -0.05) is 111 Å². The highest BCUT2D eigenvalue weighted by Crippen LogP contribution is 2.19. The molecule has 0 bridgehead atoms. The number of amides is 5. The minimum absolute atomic E-state index is 0.0860. The van der Waals surface area contributed by atoms with Crippen molar-refractivity contribution in [3.63, 3.8) is 0 Å². The maximum atomic E-state index is 13.9. The Labute approximate surface area is 493 Å². The summed E-state index contributed by atoms with van der Waals surface area (Å²) in [7, 11) is 0. The molecule has 0 rings (SSSR count). The molecule has 12 atom stereocenters. The van der Waals surface area contributed by atoms with Gasteiger partial charge in [0.05, 0.1) is 0 Å². The van der Waals surface area contributed by atoms with Crippen LogP contribution in [0.5, 0.6) is 0 Å². The second kappa shape index (κ2) is 36.7. The number of hydrogen-bond acceptors (Lipinski definition) is 20. The zero-order valence-electron chi connectivity index (χ0n) is 52.3. The van der Waals surface area contributed by atoms with Gasteiger partial charge in [-0.25, -0.2) is 28.8 Å². The van der Waals surface area contributed by atoms with Gasteiger partial charge in [0.15, 0.2) is 30.5 Å². The summed E-state index contributed by atoms with van der Waals surface area (Å²) in [5.41, 5.74) is 5.92. The lowest BCUT2D eigenvalue weighted by Crippen LogP contribution is -2.54. The Morgan fingerprint density at radius 3 is 0.976 bits per heavy atom. The van der Waals surface area contributed by atoms with Crippen molar-refractivity contribution in [2.75, 3.05) is 0 Å². The standard InChI is InChI=1S/C57H96N6O21/c1-25(2)22-37(46(66)61-35(19)54(75)84-45(32(15)16)51(71)72)79-55(76)36(20-21-40(64)65)62-49(69)43(30(11)12)82-52(73)33(17)60-48(68)39(24-27(5)6)81-57(78)42(29(9)10)63-50(70)44(31(13)14)83-53(74)34(18)59-47(67)38(23-26(3)4)80-56(77)41(58)28(7)8/h25-39,41-45H,20-24,58H2,1-19H3,(H,59,67)(H,60,68)(H,61,66)(H,62,69)(H,63,70)(H,64,65)(H,71,72)/t33-,34-,35-,36+,37-,38-,39-,41+,42+,43+,44+,45+/m1/s1. The Balaban J connectivity index is 6.33. The molecular formula is C57H96N6O21. The van der Waals surface area contributed by atoms with Gasteiger partial charge in [0.2, 0.25) is 6.10 Å². The molecule has 0 aliphatic heterocycles. The minimum atomic E-state index is -1.73. The van der Waals surface area contributed by atoms with E-state index in [-0.39, 0.29) is 42.9 Å². The van der Waals surface area contributed by atoms with Gasteiger partial charge >= 0.3 is 47.8 Å². The van der Waals surface area contributed by atoms with Crippen LogP contribution in [0.2, 0.25) is 0 Å². The van der Waals surface area contributed by atoms with E-state index in [9.17, 15) is 72.5 Å². The van der Waals surface area contributed by atoms with Crippen molar-refractivity contribution in [1.29, 1.82) is 0 Å². The van der Waals surface area contributed by atoms with E-state index in [1.807, 2.05) is 0 Å². The Kier molecular flexibility index (Phi) is 33.7. The highest BCUT2D eigenvalue weighted by molar-refractivity contribution is 5.95. The molecule has 480 valence electrons. The number of ether oxygens (including phenoxy) is 6. The molecule has 84 heavy (non-hydrogen) atoms. The lowest BCUT2D eigenvalue weighted by atomic mass is 10.0. The van der Waals surface area contributed by atoms with E-state index < -0.39 is 187 Å². The fourth-order valence-corrected chi connectivity index (χ4v) is 7.57. The predicted molar refractivity (Wildman–Crippen MR) is 301 cm³/mol. The zero-order chi connectivity index (χ0) is 65.4. The van der Waals surface area contributed by atoms with Crippen LogP contribution in [0.25, 0.3) is 0 Å². The molecule has 9 N–H and O–H groups in total. The van der Waals surface area contributed by atoms with E-state index in [0.717, 1.165) is 0 Å². The first-order chi connectivity index (χ1) is 38.6. The maximum Gasteiger partial charge on any atom is 0.345 e. The molecule has 5 amide bonds. The summed E-state index contributed by atoms with van der Waals surface area (Å²) in [6, 6.07) is -8.42. The molecule has 0 aliphatic rings. The molecule has 0 spiro atoms. The first-order valence-corrected chi connectivity index (χ1v) is 28.6. The predicted octanol–water partition coefficient (Wildman–Crippen LogP) is 2.64. The quantitative estimate of drug-likeness (QED) is 0.0327. The Morgan fingerprint density at radius 2 is 0.679 bits per heavy atom. The number of carboxylic acid groups (broad SMARTS) is 2. The largest absolute Gasteiger partial charge is 0.481 e. The van der Waals surface area contributed by atoms with Crippen molar-refractivity contribution in [1.82, 2.24) is 26.6 Å². The third-order valence-electron chi connectivity index (χ3n) is 12.6. The topological polar surface area (TPSA) is 404 Å². The Hall–Kier alpha value is -6.93. The average Bonchev–Trinajstić information content (AvgIpc) is 3.57. The van der Waals surface area contributed by atoms with Crippen LogP contribution >= 0.6 is 0 Å². The maximum absolute atomic E-state index is 13.9. The van der Waals surface area contributed by atoms with Crippen LogP contribution in [-0.2, 0) is 90.8 Å². The second-order valence-corrected chi connectivity index (χ2v) is 24.0. The van der Waals surface area contributed by atoms with Crippen LogP contribution in [-0.4, -0.2) is 160 Å². The molecule has 0 heterocycles. The van der Waals surface area contributed by atoms with Crippen LogP contribution in [0.4, 0.5) is 0 Å². The summed E-state index contributed by atoms with van der Waals surface area (Å²) in [5.74, 6) is -17.7. The molecule has 27 heteroatoms. The van der Waals surface area contributed by atoms with Crippen LogP contribution in [0.1, 0.15) is 164 Å². The summed E-state index contributed by atoms with van der Waals surface area (Å²) in [5, 5.41) is 31.0. The molecule has 0 fully saturated rings. The molecule has 0 aromatic carbocycles. The molecule has 0 saturated heterocycles. The number of nitrogens with one attached hydrogen (secondary N) is 5. The molecule has 0 radical (unpaired) electrons. The highest BCUT2D eigenvalue weighted by atomic mass is 16.6. The number of carbonyl (C=O) groups excluding carboxylic acids is 11. The molecule has 0 saturated carbocycles. The SMILES string of the molecule is CC(C)C[C@@H](OC(=O)[C@H](CCC(=O)O)NC(=O)[C@@H](OC(=O)[C@@H](C)NC(=O)[C@@H](CC(C)C)OC(=O)[C@@H](NC(=O)[C@@H](OC(=O)[C@@H](C)NC(=O)[C@@H](CC(C)C)OC(=O)[C@@H](N)C(C)C)C(C)C)C(C)C)C(C)C)C(=O)N[C@H](C)C(=O)O[C@H](C(=O)O)C(C)C. The molecule has 0 aromatic heterocycles. The first kappa shape index (κ1) is 77.1. The summed E-state index contributed by atoms with van der Waals surface area (Å²) < 4.78 is 32.8. The average molecular weight is 1200 g/mol. The van der Waals surface area contributed by atoms with Crippen molar-refractivity contribution in [2.24, 2.45) is 53.1 Å². The molecule has 27 nitrogen and oxygen atoms in total. The van der Waals surface area contributed by atoms with Crippen molar-refractivity contribution >= 4 is 77.3 Å². The van der Waals surface area contributed by atoms with Gasteiger partial charge < -0.3 is 71.0 Å². The molecule has 0 unspecified atom stereocenters. The number of aliphatic carboxylic acids is 2. The molecule has 0 aliphatic carbocycles. The fraction of sp³-hybridized carbons (Fsp3) is 0.772. The monoisotopic (exact) mass is 1200 g/mol. The van der Waals surface area contributed by atoms with Gasteiger partial charge in [0, 0.05) is 12.3 Å². The Morgan fingerprint density at radius 1 is 0.357 bits per heavy atom. The van der Waals surface area contributed by atoms with Gasteiger partial charge in [-0.05, 0) is 87.9 Å². The Bertz CT molecular complexity index is 2270. The van der Waals surface area contributed by atoms with Gasteiger partial charge in [0.25, 0.3) is 29.5 Å². The summed E-state index contributed by atoms with van der Waals surface area (Å²) in [6.07, 6.45) is -10.5. The minimum Gasteiger partial charge on any atom is -0.481 e. The van der Waals surface area contributed by atoms with Gasteiger partial charge in [-0.15, -0.1) is 0 Å². The second-order valence-electron chi connectivity index (χ2n) is 24.0. The van der Waals surface area contributed by atoms with E-state index in [1.165, 1.54) is 48.5 Å². The highest BCUT2D eigenvalue weighted by Gasteiger charge is 2.40. The van der Waals surface area contributed by atoms with Crippen LogP contribution in [0, 0.1) is 47.3 Å². The lowest BCUT2D eigenvalue weighted by molar-refractivity contribution is -0.169. The number of hydrogen-bond donors (Lipinski definition) is 8. The van der Waals surface area contributed by atoms with E-state index in [4.69, 9.17) is 34.2 Å². The third kappa shape index (κ3) is 27.6. The number of nitrogens with two attached hydrogens (primary N) is 1. The summed E-state index contributed by atoms with van der Waals surface area (Å²) in [6.45, 7) is 29.8. The molecule has 0 aromatic rings. The van der Waals surface area contributed by atoms with Gasteiger partial charge in [0.1, 0.15) is 36.3 Å². The van der Waals surface area contributed by atoms with Crippen molar-refractivity contribution in [3.05, 3.63) is 0 Å². The van der Waals surface area contributed by atoms with Crippen LogP contribution in [0.15, 0.2) is 0 Å². The number of carboxylic acids is 2. The van der Waals surface area contributed by atoms with Gasteiger partial charge in [-0.2, -0.15) is 0 Å². The summed E-state index contributed by atoms with van der Waals surface area (Å²) >= 11 is 0. The van der Waals surface area contributed by atoms with Crippen molar-refractivity contribution in [3.8, 4) is 0 Å². The normalized spacial score (nSPS) is 15.9. The van der Waals surface area contributed by atoms with E-state index in [1.54, 1.807) is 83.1 Å². The van der Waals surface area contributed by atoms with Crippen molar-refractivity contribution in [2.45, 2.75) is 237 Å². The third-order valence-corrected chi connectivity index (χ3v) is 12.6. The number of esters is 6. The first-order valence-electron chi connectivity index (χ1n) is 28.6. The number of carbonyl (C=O) groups is 13. The van der Waals surface area contributed by atoms with E-state index in [0.29, 0.717) is 0 Å². The van der Waals surface area contributed by atoms with Crippen LogP contribution in [0.3, 0.4) is 0 Å². The van der Waals surface area contributed by atoms with Crippen molar-refractivity contribution < 1.29 is 101 Å². The van der Waals surface area contributed by atoms with E-state index >= 15 is 0 Å². The number of rotatable bonds is 37. The van der Waals surface area contributed by atoms with E-state index in [2.05, 4.69) is 26.6 Å².